The number of benzene rings is 1. The molecule has 0 unspecified atom stereocenters. The van der Waals surface area contributed by atoms with Gasteiger partial charge in [-0.25, -0.2) is 0 Å². The molecule has 0 aliphatic carbocycles. The molecule has 0 spiro atoms. The van der Waals surface area contributed by atoms with Crippen molar-refractivity contribution in [2.24, 2.45) is 0 Å². The van der Waals surface area contributed by atoms with Gasteiger partial charge >= 0.3 is 0 Å². The molecule has 3 rings (SSSR count). The van der Waals surface area contributed by atoms with E-state index < -0.39 is 0 Å². The maximum Gasteiger partial charge on any atom is 0.0705 e. The van der Waals surface area contributed by atoms with Crippen molar-refractivity contribution in [1.82, 2.24) is 14.9 Å². The summed E-state index contributed by atoms with van der Waals surface area (Å²) in [6.07, 6.45) is 6.24. The van der Waals surface area contributed by atoms with Crippen LogP contribution in [0.5, 0.6) is 0 Å². The van der Waals surface area contributed by atoms with Crippen molar-refractivity contribution in [2.45, 2.75) is 20.0 Å². The van der Waals surface area contributed by atoms with E-state index >= 15 is 0 Å². The summed E-state index contributed by atoms with van der Waals surface area (Å²) in [7, 11) is 0. The molecule has 0 amide bonds. The summed E-state index contributed by atoms with van der Waals surface area (Å²) < 4.78 is 2.23. The Morgan fingerprint density at radius 2 is 2.05 bits per heavy atom. The van der Waals surface area contributed by atoms with E-state index in [1.54, 1.807) is 0 Å². The molecule has 1 N–H and O–H groups in total. The van der Waals surface area contributed by atoms with E-state index in [1.165, 1.54) is 16.5 Å². The van der Waals surface area contributed by atoms with Gasteiger partial charge in [0.25, 0.3) is 0 Å². The van der Waals surface area contributed by atoms with Crippen LogP contribution in [0.4, 0.5) is 0 Å². The Morgan fingerprint density at radius 1 is 1.15 bits per heavy atom. The Bertz CT molecular complexity index is 695. The number of hydrogen-bond donors (Lipinski definition) is 1. The molecule has 2 aromatic heterocycles. The quantitative estimate of drug-likeness (QED) is 0.768. The predicted molar refractivity (Wildman–Crippen MR) is 82.7 cm³/mol. The lowest BCUT2D eigenvalue weighted by atomic mass is 10.1. The molecule has 2 heterocycles. The SMILES string of the molecule is CCNCc1ccn(Cc2ccnc3ccccc23)c1. The van der Waals surface area contributed by atoms with Crippen LogP contribution in [0.1, 0.15) is 18.1 Å². The van der Waals surface area contributed by atoms with Gasteiger partial charge in [-0.1, -0.05) is 25.1 Å². The van der Waals surface area contributed by atoms with Crippen molar-refractivity contribution < 1.29 is 0 Å². The highest BCUT2D eigenvalue weighted by Crippen LogP contribution is 2.17. The Kier molecular flexibility index (Phi) is 3.79. The Labute approximate surface area is 119 Å². The van der Waals surface area contributed by atoms with Gasteiger partial charge in [0.05, 0.1) is 5.52 Å². The Hall–Kier alpha value is -2.13. The summed E-state index contributed by atoms with van der Waals surface area (Å²) in [5, 5.41) is 4.58. The van der Waals surface area contributed by atoms with Crippen molar-refractivity contribution in [2.75, 3.05) is 6.54 Å². The molecule has 102 valence electrons. The number of para-hydroxylation sites is 1. The van der Waals surface area contributed by atoms with Crippen LogP contribution in [0.25, 0.3) is 10.9 Å². The summed E-state index contributed by atoms with van der Waals surface area (Å²) in [6, 6.07) is 12.6. The normalized spacial score (nSPS) is 11.1. The minimum Gasteiger partial charge on any atom is -0.350 e. The van der Waals surface area contributed by atoms with Crippen LogP contribution in [0, 0.1) is 0 Å². The van der Waals surface area contributed by atoms with Crippen LogP contribution in [0.3, 0.4) is 0 Å². The van der Waals surface area contributed by atoms with Crippen LogP contribution in [0.2, 0.25) is 0 Å². The zero-order valence-electron chi connectivity index (χ0n) is 11.7. The van der Waals surface area contributed by atoms with E-state index in [4.69, 9.17) is 0 Å². The van der Waals surface area contributed by atoms with E-state index in [9.17, 15) is 0 Å². The minimum atomic E-state index is 0.884. The highest BCUT2D eigenvalue weighted by atomic mass is 14.9. The molecule has 3 heteroatoms. The summed E-state index contributed by atoms with van der Waals surface area (Å²) in [6.45, 7) is 4.94. The number of nitrogens with zero attached hydrogens (tertiary/aromatic N) is 2. The Balaban J connectivity index is 1.84. The van der Waals surface area contributed by atoms with Gasteiger partial charge in [-0.05, 0) is 35.9 Å². The first-order valence-corrected chi connectivity index (χ1v) is 7.05. The second kappa shape index (κ2) is 5.88. The van der Waals surface area contributed by atoms with E-state index in [0.29, 0.717) is 0 Å². The fourth-order valence-corrected chi connectivity index (χ4v) is 2.45. The van der Waals surface area contributed by atoms with Crippen molar-refractivity contribution in [1.29, 1.82) is 0 Å². The molecule has 20 heavy (non-hydrogen) atoms. The number of pyridine rings is 1. The third-order valence-corrected chi connectivity index (χ3v) is 3.48. The van der Waals surface area contributed by atoms with E-state index in [1.807, 2.05) is 12.3 Å². The number of aromatic nitrogens is 2. The van der Waals surface area contributed by atoms with Gasteiger partial charge in [0.15, 0.2) is 0 Å². The molecule has 1 aromatic carbocycles. The number of hydrogen-bond acceptors (Lipinski definition) is 2. The fourth-order valence-electron chi connectivity index (χ4n) is 2.45. The van der Waals surface area contributed by atoms with Crippen LogP contribution in [-0.4, -0.2) is 16.1 Å². The second-order valence-electron chi connectivity index (χ2n) is 4.96. The summed E-state index contributed by atoms with van der Waals surface area (Å²) in [5.41, 5.74) is 3.69. The highest BCUT2D eigenvalue weighted by Gasteiger charge is 2.03. The zero-order valence-corrected chi connectivity index (χ0v) is 11.7. The molecule has 3 aromatic rings. The zero-order chi connectivity index (χ0) is 13.8. The second-order valence-corrected chi connectivity index (χ2v) is 4.96. The summed E-state index contributed by atoms with van der Waals surface area (Å²) in [4.78, 5) is 4.41. The third-order valence-electron chi connectivity index (χ3n) is 3.48. The number of rotatable bonds is 5. The monoisotopic (exact) mass is 265 g/mol. The topological polar surface area (TPSA) is 29.9 Å². The van der Waals surface area contributed by atoms with Crippen molar-refractivity contribution >= 4 is 10.9 Å². The van der Waals surface area contributed by atoms with E-state index in [2.05, 4.69) is 64.5 Å². The van der Waals surface area contributed by atoms with Gasteiger partial charge in [0.1, 0.15) is 0 Å². The van der Waals surface area contributed by atoms with Gasteiger partial charge in [-0.15, -0.1) is 0 Å². The first-order chi connectivity index (χ1) is 9.86. The number of fused-ring (bicyclic) bond motifs is 1. The van der Waals surface area contributed by atoms with Crippen molar-refractivity contribution in [3.63, 3.8) is 0 Å². The molecule has 0 saturated heterocycles. The molecule has 0 atom stereocenters. The lowest BCUT2D eigenvalue weighted by molar-refractivity contribution is 0.721. The van der Waals surface area contributed by atoms with Gasteiger partial charge in [0, 0.05) is 37.1 Å². The van der Waals surface area contributed by atoms with Crippen molar-refractivity contribution in [3.05, 3.63) is 66.1 Å². The van der Waals surface area contributed by atoms with Crippen LogP contribution < -0.4 is 5.32 Å². The molecule has 3 nitrogen and oxygen atoms in total. The average molecular weight is 265 g/mol. The number of nitrogens with one attached hydrogen (secondary N) is 1. The molecular formula is C17H19N3. The van der Waals surface area contributed by atoms with Crippen LogP contribution in [-0.2, 0) is 13.1 Å². The molecular weight excluding hydrogens is 246 g/mol. The standard InChI is InChI=1S/C17H19N3/c1-2-18-11-14-8-10-20(12-14)13-15-7-9-19-17-6-4-3-5-16(15)17/h3-10,12,18H,2,11,13H2,1H3. The van der Waals surface area contributed by atoms with Gasteiger partial charge in [0.2, 0.25) is 0 Å². The first kappa shape index (κ1) is 12.9. The largest absolute Gasteiger partial charge is 0.350 e. The molecule has 0 saturated carbocycles. The molecule has 0 aliphatic heterocycles. The molecule has 0 bridgehead atoms. The van der Waals surface area contributed by atoms with E-state index in [0.717, 1.165) is 25.2 Å². The first-order valence-electron chi connectivity index (χ1n) is 7.05. The van der Waals surface area contributed by atoms with E-state index in [-0.39, 0.29) is 0 Å². The maximum atomic E-state index is 4.41. The Morgan fingerprint density at radius 3 is 2.95 bits per heavy atom. The minimum absolute atomic E-state index is 0.884. The lowest BCUT2D eigenvalue weighted by Gasteiger charge is -2.07. The fraction of sp³-hybridized carbons (Fsp3) is 0.235. The molecule has 0 aliphatic rings. The van der Waals surface area contributed by atoms with Gasteiger partial charge < -0.3 is 9.88 Å². The van der Waals surface area contributed by atoms with Crippen LogP contribution >= 0.6 is 0 Å². The lowest BCUT2D eigenvalue weighted by Crippen LogP contribution is -2.11. The third kappa shape index (κ3) is 2.73. The van der Waals surface area contributed by atoms with Crippen molar-refractivity contribution in [3.8, 4) is 0 Å². The van der Waals surface area contributed by atoms with Crippen LogP contribution in [0.15, 0.2) is 55.0 Å². The predicted octanol–water partition coefficient (Wildman–Crippen LogP) is 3.19. The highest BCUT2D eigenvalue weighted by molar-refractivity contribution is 5.81. The molecule has 0 fully saturated rings. The summed E-state index contributed by atoms with van der Waals surface area (Å²) in [5.74, 6) is 0. The molecule has 0 radical (unpaired) electrons. The van der Waals surface area contributed by atoms with Gasteiger partial charge in [-0.3, -0.25) is 4.98 Å². The van der Waals surface area contributed by atoms with Gasteiger partial charge in [-0.2, -0.15) is 0 Å². The average Bonchev–Trinajstić information content (AvgIpc) is 2.93. The summed E-state index contributed by atoms with van der Waals surface area (Å²) >= 11 is 0. The maximum absolute atomic E-state index is 4.41. The smallest absolute Gasteiger partial charge is 0.0705 e.